The maximum absolute atomic E-state index is 13.9. The highest BCUT2D eigenvalue weighted by atomic mass is 16.7. The molecule has 1 saturated heterocycles. The van der Waals surface area contributed by atoms with E-state index in [9.17, 15) is 19.6 Å². The maximum Gasteiger partial charge on any atom is 0.308 e. The molecule has 1 fully saturated rings. The second-order valence-electron chi connectivity index (χ2n) is 13.6. The SMILES string of the molecule is COCOc1c(OC)c(C)cc2c1[C@H]1[C@@H]3Cc4c(OC(C)=O)c(C)c5c(c4[C@H](CN4C(=O)c6ccccc6C4=O)N3[C@@H](C#N)[C@H](C2)N1C)OCO5. The number of esters is 1. The minimum Gasteiger partial charge on any atom is -0.493 e. The molecule has 0 aromatic heterocycles. The van der Waals surface area contributed by atoms with Crippen LogP contribution in [-0.4, -0.2) is 92.0 Å². The lowest BCUT2D eigenvalue weighted by atomic mass is 9.71. The number of hydrogen-bond acceptors (Lipinski definition) is 12. The molecular weight excluding hydrogens is 656 g/mol. The largest absolute Gasteiger partial charge is 0.493 e. The number of methoxy groups -OCH3 is 2. The lowest BCUT2D eigenvalue weighted by Crippen LogP contribution is -2.69. The lowest BCUT2D eigenvalue weighted by Gasteiger charge is -2.60. The van der Waals surface area contributed by atoms with E-state index in [0.717, 1.165) is 16.7 Å². The van der Waals surface area contributed by atoms with Crippen molar-refractivity contribution in [3.63, 3.8) is 0 Å². The number of carbonyl (C=O) groups is 3. The Bertz CT molecular complexity index is 2020. The number of ether oxygens (including phenoxy) is 6. The number of piperazine rings is 1. The molecule has 0 N–H and O–H groups in total. The first-order valence-electron chi connectivity index (χ1n) is 16.9. The van der Waals surface area contributed by atoms with Crippen molar-refractivity contribution in [1.29, 1.82) is 5.26 Å². The highest BCUT2D eigenvalue weighted by Gasteiger charge is 2.58. The van der Waals surface area contributed by atoms with E-state index in [1.807, 2.05) is 20.9 Å². The lowest BCUT2D eigenvalue weighted by molar-refractivity contribution is -0.132. The predicted molar refractivity (Wildman–Crippen MR) is 180 cm³/mol. The number of benzene rings is 3. The molecule has 264 valence electrons. The topological polar surface area (TPSA) is 140 Å². The van der Waals surface area contributed by atoms with Gasteiger partial charge in [0.1, 0.15) is 11.8 Å². The van der Waals surface area contributed by atoms with Gasteiger partial charge in [0.2, 0.25) is 6.79 Å². The Balaban J connectivity index is 1.38. The Morgan fingerprint density at radius 2 is 1.69 bits per heavy atom. The monoisotopic (exact) mass is 694 g/mol. The van der Waals surface area contributed by atoms with Crippen molar-refractivity contribution in [2.75, 3.05) is 41.4 Å². The summed E-state index contributed by atoms with van der Waals surface area (Å²) in [6.45, 7) is 4.99. The number of likely N-dealkylation sites (N-methyl/N-ethyl adjacent to an activating group) is 1. The minimum absolute atomic E-state index is 0.00815. The fraction of sp³-hybridized carbons (Fsp3) is 0.421. The van der Waals surface area contributed by atoms with E-state index in [1.54, 1.807) is 38.5 Å². The number of nitriles is 1. The molecule has 0 saturated carbocycles. The quantitative estimate of drug-likeness (QED) is 0.153. The highest BCUT2D eigenvalue weighted by Crippen LogP contribution is 2.59. The van der Waals surface area contributed by atoms with Gasteiger partial charge in [-0.2, -0.15) is 5.26 Å². The minimum atomic E-state index is -0.730. The number of hydrogen-bond donors (Lipinski definition) is 0. The molecule has 3 aromatic rings. The van der Waals surface area contributed by atoms with Gasteiger partial charge in [0.25, 0.3) is 11.8 Å². The van der Waals surface area contributed by atoms with Crippen LogP contribution >= 0.6 is 0 Å². The molecule has 3 aromatic carbocycles. The molecule has 13 nitrogen and oxygen atoms in total. The van der Waals surface area contributed by atoms with Crippen molar-refractivity contribution in [2.45, 2.75) is 63.8 Å². The van der Waals surface area contributed by atoms with E-state index in [2.05, 4.69) is 21.9 Å². The fourth-order valence-corrected chi connectivity index (χ4v) is 9.10. The van der Waals surface area contributed by atoms with Gasteiger partial charge in [0.15, 0.2) is 29.8 Å². The number of amides is 2. The molecule has 2 amide bonds. The van der Waals surface area contributed by atoms with Gasteiger partial charge in [0, 0.05) is 54.9 Å². The third kappa shape index (κ3) is 4.73. The Kier molecular flexibility index (Phi) is 7.94. The summed E-state index contributed by atoms with van der Waals surface area (Å²) in [6, 6.07) is 9.05. The van der Waals surface area contributed by atoms with Crippen LogP contribution in [0.4, 0.5) is 0 Å². The summed E-state index contributed by atoms with van der Waals surface area (Å²) in [5, 5.41) is 11.0. The zero-order chi connectivity index (χ0) is 35.9. The molecule has 5 aliphatic heterocycles. The van der Waals surface area contributed by atoms with Crippen molar-refractivity contribution in [3.8, 4) is 34.8 Å². The summed E-state index contributed by atoms with van der Waals surface area (Å²) in [7, 11) is 5.18. The first kappa shape index (κ1) is 33.0. The summed E-state index contributed by atoms with van der Waals surface area (Å²) in [4.78, 5) is 46.1. The summed E-state index contributed by atoms with van der Waals surface area (Å²) in [5.74, 6) is 1.05. The Hall–Kier alpha value is -5.16. The van der Waals surface area contributed by atoms with Crippen molar-refractivity contribution < 1.29 is 42.8 Å². The van der Waals surface area contributed by atoms with E-state index >= 15 is 0 Å². The van der Waals surface area contributed by atoms with Crippen LogP contribution in [0.25, 0.3) is 0 Å². The summed E-state index contributed by atoms with van der Waals surface area (Å²) >= 11 is 0. The van der Waals surface area contributed by atoms with Gasteiger partial charge in [-0.1, -0.05) is 18.2 Å². The standard InChI is InChI=1S/C38H38N4O9/c1-18-11-21-12-25-27(14-39)42-26(31(40(25)4)29(21)35(32(18)47-6)48-16-46-5)13-24-30(36-34(49-17-50-36)19(2)33(24)51-20(3)43)28(42)15-41-37(44)22-9-7-8-10-23(22)38(41)45/h7-11,25-28,31H,12-13,15-17H2,1-6H3/t25-,26-,27-,28-,31+/m0/s1. The summed E-state index contributed by atoms with van der Waals surface area (Å²) in [5.41, 5.74) is 5.44. The molecule has 8 rings (SSSR count). The highest BCUT2D eigenvalue weighted by molar-refractivity contribution is 6.21. The summed E-state index contributed by atoms with van der Waals surface area (Å²) < 4.78 is 35.6. The molecule has 13 heteroatoms. The van der Waals surface area contributed by atoms with Crippen molar-refractivity contribution in [3.05, 3.63) is 74.8 Å². The van der Waals surface area contributed by atoms with Crippen LogP contribution in [0.2, 0.25) is 0 Å². The Morgan fingerprint density at radius 3 is 2.33 bits per heavy atom. The van der Waals surface area contributed by atoms with Gasteiger partial charge in [-0.15, -0.1) is 0 Å². The predicted octanol–water partition coefficient (Wildman–Crippen LogP) is 4.02. The number of fused-ring (bicyclic) bond motifs is 10. The van der Waals surface area contributed by atoms with Gasteiger partial charge >= 0.3 is 5.97 Å². The number of rotatable bonds is 7. The smallest absolute Gasteiger partial charge is 0.308 e. The zero-order valence-corrected chi connectivity index (χ0v) is 29.3. The average molecular weight is 695 g/mol. The van der Waals surface area contributed by atoms with Crippen molar-refractivity contribution >= 4 is 17.8 Å². The molecule has 5 atom stereocenters. The third-order valence-electron chi connectivity index (χ3n) is 11.0. The van der Waals surface area contributed by atoms with Crippen LogP contribution in [-0.2, 0) is 22.4 Å². The van der Waals surface area contributed by atoms with Crippen molar-refractivity contribution in [2.24, 2.45) is 0 Å². The molecule has 5 aliphatic rings. The molecule has 0 radical (unpaired) electrons. The molecule has 0 spiro atoms. The second kappa shape index (κ2) is 12.3. The van der Waals surface area contributed by atoms with E-state index in [0.29, 0.717) is 69.4 Å². The van der Waals surface area contributed by atoms with Crippen LogP contribution in [0.15, 0.2) is 30.3 Å². The average Bonchev–Trinajstić information content (AvgIpc) is 3.69. The van der Waals surface area contributed by atoms with E-state index in [-0.39, 0.29) is 32.2 Å². The van der Waals surface area contributed by atoms with Crippen LogP contribution < -0.4 is 23.7 Å². The van der Waals surface area contributed by atoms with Gasteiger partial charge < -0.3 is 28.4 Å². The van der Waals surface area contributed by atoms with Crippen LogP contribution in [0.5, 0.6) is 28.7 Å². The number of aryl methyl sites for hydroxylation is 1. The Morgan fingerprint density at radius 1 is 0.980 bits per heavy atom. The van der Waals surface area contributed by atoms with Gasteiger partial charge in [-0.25, -0.2) is 0 Å². The van der Waals surface area contributed by atoms with Crippen LogP contribution in [0.3, 0.4) is 0 Å². The van der Waals surface area contributed by atoms with E-state index in [4.69, 9.17) is 28.4 Å². The summed E-state index contributed by atoms with van der Waals surface area (Å²) in [6.07, 6.45) is 0.877. The van der Waals surface area contributed by atoms with Crippen LogP contribution in [0, 0.1) is 25.2 Å². The second-order valence-corrected chi connectivity index (χ2v) is 13.6. The maximum atomic E-state index is 13.9. The molecule has 5 heterocycles. The molecule has 0 unspecified atom stereocenters. The number of carbonyl (C=O) groups excluding carboxylic acids is 3. The fourth-order valence-electron chi connectivity index (χ4n) is 9.10. The first-order chi connectivity index (χ1) is 24.6. The number of imide groups is 1. The zero-order valence-electron chi connectivity index (χ0n) is 29.3. The molecule has 51 heavy (non-hydrogen) atoms. The molecule has 0 aliphatic carbocycles. The van der Waals surface area contributed by atoms with Crippen LogP contribution in [0.1, 0.15) is 73.1 Å². The van der Waals surface area contributed by atoms with Crippen molar-refractivity contribution in [1.82, 2.24) is 14.7 Å². The third-order valence-corrected chi connectivity index (χ3v) is 11.0. The molecular formula is C38H38N4O9. The Labute approximate surface area is 295 Å². The van der Waals surface area contributed by atoms with E-state index < -0.39 is 35.9 Å². The van der Waals surface area contributed by atoms with Gasteiger partial charge in [-0.3, -0.25) is 29.1 Å². The molecule has 2 bridgehead atoms. The van der Waals surface area contributed by atoms with Gasteiger partial charge in [0.05, 0.1) is 36.4 Å². The normalized spacial score (nSPS) is 24.3. The first-order valence-corrected chi connectivity index (χ1v) is 16.9. The van der Waals surface area contributed by atoms with Gasteiger partial charge in [-0.05, 0) is 57.0 Å². The van der Waals surface area contributed by atoms with E-state index in [1.165, 1.54) is 11.8 Å². The number of nitrogens with zero attached hydrogens (tertiary/aromatic N) is 4.